The van der Waals surface area contributed by atoms with Gasteiger partial charge in [-0.05, 0) is 30.5 Å². The summed E-state index contributed by atoms with van der Waals surface area (Å²) < 4.78 is 25.4. The van der Waals surface area contributed by atoms with Crippen LogP contribution in [0.5, 0.6) is 0 Å². The van der Waals surface area contributed by atoms with Crippen LogP contribution < -0.4 is 10.0 Å². The number of aryl methyl sites for hydroxylation is 1. The quantitative estimate of drug-likeness (QED) is 0.807. The van der Waals surface area contributed by atoms with Crippen molar-refractivity contribution in [3.05, 3.63) is 23.8 Å². The lowest BCUT2D eigenvalue weighted by Gasteiger charge is -2.20. The Morgan fingerprint density at radius 1 is 1.28 bits per heavy atom. The number of hydrogen-bond acceptors (Lipinski definition) is 3. The first-order valence-corrected chi connectivity index (χ1v) is 7.88. The predicted octanol–water partition coefficient (Wildman–Crippen LogP) is 2.40. The van der Waals surface area contributed by atoms with Gasteiger partial charge < -0.3 is 5.73 Å². The second-order valence-corrected chi connectivity index (χ2v) is 6.49. The standard InChI is InChI=1S/C13H22N2O2S/c1-4-6-9-18(16,17)15(3)12-8-7-11(5-2)13(14)10-12/h7-8,10H,4-6,9,14H2,1-3H3. The predicted molar refractivity (Wildman–Crippen MR) is 77.3 cm³/mol. The highest BCUT2D eigenvalue weighted by molar-refractivity contribution is 7.92. The second kappa shape index (κ2) is 6.09. The number of rotatable bonds is 6. The minimum atomic E-state index is -3.23. The molecule has 0 spiro atoms. The molecule has 0 atom stereocenters. The molecule has 0 saturated carbocycles. The van der Waals surface area contributed by atoms with Gasteiger partial charge in [0.15, 0.2) is 0 Å². The number of nitrogens with two attached hydrogens (primary N) is 1. The molecular weight excluding hydrogens is 248 g/mol. The maximum atomic E-state index is 12.0. The monoisotopic (exact) mass is 270 g/mol. The lowest BCUT2D eigenvalue weighted by atomic mass is 10.1. The Labute approximate surface area is 110 Å². The van der Waals surface area contributed by atoms with Crippen LogP contribution in [-0.2, 0) is 16.4 Å². The molecule has 0 unspecified atom stereocenters. The summed E-state index contributed by atoms with van der Waals surface area (Å²) in [5.41, 5.74) is 8.20. The maximum absolute atomic E-state index is 12.0. The third-order valence-corrected chi connectivity index (χ3v) is 4.90. The Morgan fingerprint density at radius 2 is 1.94 bits per heavy atom. The summed E-state index contributed by atoms with van der Waals surface area (Å²) >= 11 is 0. The summed E-state index contributed by atoms with van der Waals surface area (Å²) in [5, 5.41) is 0. The third kappa shape index (κ3) is 3.38. The highest BCUT2D eigenvalue weighted by atomic mass is 32.2. The Hall–Kier alpha value is -1.23. The number of nitrogens with zero attached hydrogens (tertiary/aromatic N) is 1. The number of nitrogen functional groups attached to an aromatic ring is 1. The molecule has 0 amide bonds. The van der Waals surface area contributed by atoms with Crippen molar-refractivity contribution in [3.8, 4) is 0 Å². The molecule has 0 aliphatic heterocycles. The molecule has 1 aromatic rings. The molecule has 0 fully saturated rings. The summed E-state index contributed by atoms with van der Waals surface area (Å²) in [6.07, 6.45) is 2.39. The minimum absolute atomic E-state index is 0.176. The Bertz CT molecular complexity index is 498. The van der Waals surface area contributed by atoms with Gasteiger partial charge in [-0.3, -0.25) is 4.31 Å². The molecule has 0 saturated heterocycles. The van der Waals surface area contributed by atoms with E-state index in [2.05, 4.69) is 0 Å². The number of anilines is 2. The number of hydrogen-bond donors (Lipinski definition) is 1. The molecule has 0 aromatic heterocycles. The molecule has 1 rings (SSSR count). The van der Waals surface area contributed by atoms with Crippen molar-refractivity contribution in [1.82, 2.24) is 0 Å². The van der Waals surface area contributed by atoms with Crippen LogP contribution >= 0.6 is 0 Å². The zero-order valence-corrected chi connectivity index (χ0v) is 12.1. The van der Waals surface area contributed by atoms with Gasteiger partial charge in [0.05, 0.1) is 11.4 Å². The first-order valence-electron chi connectivity index (χ1n) is 6.27. The van der Waals surface area contributed by atoms with E-state index in [-0.39, 0.29) is 5.75 Å². The van der Waals surface area contributed by atoms with Gasteiger partial charge in [-0.15, -0.1) is 0 Å². The lowest BCUT2D eigenvalue weighted by molar-refractivity contribution is 0.591. The van der Waals surface area contributed by atoms with Gasteiger partial charge in [-0.25, -0.2) is 8.42 Å². The van der Waals surface area contributed by atoms with Crippen molar-refractivity contribution in [1.29, 1.82) is 0 Å². The van der Waals surface area contributed by atoms with E-state index < -0.39 is 10.0 Å². The van der Waals surface area contributed by atoms with Crippen LogP contribution in [0.15, 0.2) is 18.2 Å². The van der Waals surface area contributed by atoms with Crippen molar-refractivity contribution in [2.24, 2.45) is 0 Å². The summed E-state index contributed by atoms with van der Waals surface area (Å²) in [6.45, 7) is 4.00. The largest absolute Gasteiger partial charge is 0.398 e. The van der Waals surface area contributed by atoms with Gasteiger partial charge in [0.1, 0.15) is 0 Å². The normalized spacial score (nSPS) is 11.5. The van der Waals surface area contributed by atoms with Crippen molar-refractivity contribution < 1.29 is 8.42 Å². The summed E-state index contributed by atoms with van der Waals surface area (Å²) in [7, 11) is -1.66. The fourth-order valence-electron chi connectivity index (χ4n) is 1.72. The maximum Gasteiger partial charge on any atom is 0.234 e. The Morgan fingerprint density at radius 3 is 2.44 bits per heavy atom. The van der Waals surface area contributed by atoms with Crippen LogP contribution in [0.4, 0.5) is 11.4 Å². The van der Waals surface area contributed by atoms with Crippen LogP contribution in [0.25, 0.3) is 0 Å². The molecule has 2 N–H and O–H groups in total. The Kier molecular flexibility index (Phi) is 5.02. The molecule has 0 heterocycles. The van der Waals surface area contributed by atoms with E-state index in [1.54, 1.807) is 19.2 Å². The summed E-state index contributed by atoms with van der Waals surface area (Å²) in [4.78, 5) is 0. The molecule has 0 aliphatic rings. The number of unbranched alkanes of at least 4 members (excludes halogenated alkanes) is 1. The average molecular weight is 270 g/mol. The fourth-order valence-corrected chi connectivity index (χ4v) is 3.09. The first-order chi connectivity index (χ1) is 8.42. The van der Waals surface area contributed by atoms with Gasteiger partial charge in [0.2, 0.25) is 10.0 Å². The second-order valence-electron chi connectivity index (χ2n) is 4.37. The van der Waals surface area contributed by atoms with E-state index >= 15 is 0 Å². The van der Waals surface area contributed by atoms with E-state index in [1.165, 1.54) is 4.31 Å². The highest BCUT2D eigenvalue weighted by Gasteiger charge is 2.18. The van der Waals surface area contributed by atoms with E-state index in [9.17, 15) is 8.42 Å². The van der Waals surface area contributed by atoms with Gasteiger partial charge >= 0.3 is 0 Å². The van der Waals surface area contributed by atoms with E-state index in [0.717, 1.165) is 18.4 Å². The molecule has 1 aromatic carbocycles. The molecule has 102 valence electrons. The molecule has 5 heteroatoms. The van der Waals surface area contributed by atoms with E-state index in [0.29, 0.717) is 17.8 Å². The van der Waals surface area contributed by atoms with Gasteiger partial charge in [0.25, 0.3) is 0 Å². The van der Waals surface area contributed by atoms with Crippen molar-refractivity contribution in [2.45, 2.75) is 33.1 Å². The van der Waals surface area contributed by atoms with Crippen LogP contribution in [0.1, 0.15) is 32.3 Å². The van der Waals surface area contributed by atoms with Crippen LogP contribution in [0.2, 0.25) is 0 Å². The zero-order chi connectivity index (χ0) is 13.8. The van der Waals surface area contributed by atoms with Crippen molar-refractivity contribution in [3.63, 3.8) is 0 Å². The molecular formula is C13H22N2O2S. The molecule has 18 heavy (non-hydrogen) atoms. The lowest BCUT2D eigenvalue weighted by Crippen LogP contribution is -2.29. The zero-order valence-electron chi connectivity index (χ0n) is 11.3. The Balaban J connectivity index is 2.97. The highest BCUT2D eigenvalue weighted by Crippen LogP contribution is 2.23. The molecule has 0 radical (unpaired) electrons. The first kappa shape index (κ1) is 14.8. The van der Waals surface area contributed by atoms with Gasteiger partial charge in [-0.1, -0.05) is 26.3 Å². The minimum Gasteiger partial charge on any atom is -0.398 e. The van der Waals surface area contributed by atoms with Crippen molar-refractivity contribution in [2.75, 3.05) is 22.8 Å². The topological polar surface area (TPSA) is 63.4 Å². The SMILES string of the molecule is CCCCS(=O)(=O)N(C)c1ccc(CC)c(N)c1. The summed E-state index contributed by atoms with van der Waals surface area (Å²) in [6, 6.07) is 5.41. The van der Waals surface area contributed by atoms with E-state index in [4.69, 9.17) is 5.73 Å². The summed E-state index contributed by atoms with van der Waals surface area (Å²) in [5.74, 6) is 0.176. The van der Waals surface area contributed by atoms with Crippen LogP contribution in [0.3, 0.4) is 0 Å². The molecule has 0 aliphatic carbocycles. The van der Waals surface area contributed by atoms with Crippen LogP contribution in [0, 0.1) is 0 Å². The van der Waals surface area contributed by atoms with Gasteiger partial charge in [-0.2, -0.15) is 0 Å². The smallest absolute Gasteiger partial charge is 0.234 e. The van der Waals surface area contributed by atoms with E-state index in [1.807, 2.05) is 19.9 Å². The number of benzene rings is 1. The number of sulfonamides is 1. The van der Waals surface area contributed by atoms with Gasteiger partial charge in [0, 0.05) is 12.7 Å². The van der Waals surface area contributed by atoms with Crippen LogP contribution in [-0.4, -0.2) is 21.2 Å². The molecule has 4 nitrogen and oxygen atoms in total. The van der Waals surface area contributed by atoms with Crippen molar-refractivity contribution >= 4 is 21.4 Å². The third-order valence-electron chi connectivity index (χ3n) is 3.05. The molecule has 0 bridgehead atoms. The fraction of sp³-hybridized carbons (Fsp3) is 0.538. The average Bonchev–Trinajstić information content (AvgIpc) is 2.35.